The lowest BCUT2D eigenvalue weighted by atomic mass is 9.94. The first kappa shape index (κ1) is 11.8. The molecule has 82 valence electrons. The van der Waals surface area contributed by atoms with Crippen molar-refractivity contribution >= 4 is 17.5 Å². The standard InChI is InChI=1S/C10H17ClFNO/c1-8(11)10(14)13-6-3-9(2-5-12)4-7-13/h8-9H,2-7H2,1H3. The first-order valence-corrected chi connectivity index (χ1v) is 5.57. The fraction of sp³-hybridized carbons (Fsp3) is 0.900. The summed E-state index contributed by atoms with van der Waals surface area (Å²) in [5, 5.41) is -0.437. The van der Waals surface area contributed by atoms with Crippen LogP contribution in [0.1, 0.15) is 26.2 Å². The maximum absolute atomic E-state index is 12.1. The number of halogens is 2. The van der Waals surface area contributed by atoms with Gasteiger partial charge in [0.15, 0.2) is 0 Å². The number of piperidine rings is 1. The van der Waals surface area contributed by atoms with Gasteiger partial charge in [0.05, 0.1) is 6.67 Å². The van der Waals surface area contributed by atoms with Gasteiger partial charge in [-0.2, -0.15) is 0 Å². The summed E-state index contributed by atoms with van der Waals surface area (Å²) < 4.78 is 12.1. The number of alkyl halides is 2. The molecule has 1 saturated heterocycles. The van der Waals surface area contributed by atoms with Crippen molar-refractivity contribution in [1.29, 1.82) is 0 Å². The number of carbonyl (C=O) groups is 1. The maximum Gasteiger partial charge on any atom is 0.240 e. The first-order valence-electron chi connectivity index (χ1n) is 5.14. The third-order valence-electron chi connectivity index (χ3n) is 2.78. The van der Waals surface area contributed by atoms with E-state index in [0.717, 1.165) is 25.9 Å². The van der Waals surface area contributed by atoms with E-state index in [-0.39, 0.29) is 12.6 Å². The van der Waals surface area contributed by atoms with Crippen molar-refractivity contribution in [2.45, 2.75) is 31.6 Å². The summed E-state index contributed by atoms with van der Waals surface area (Å²) >= 11 is 5.71. The molecule has 1 amide bonds. The highest BCUT2D eigenvalue weighted by molar-refractivity contribution is 6.30. The molecule has 2 nitrogen and oxygen atoms in total. The molecule has 0 bridgehead atoms. The van der Waals surface area contributed by atoms with Crippen molar-refractivity contribution in [3.05, 3.63) is 0 Å². The van der Waals surface area contributed by atoms with E-state index < -0.39 is 5.38 Å². The summed E-state index contributed by atoms with van der Waals surface area (Å²) in [4.78, 5) is 13.3. The van der Waals surface area contributed by atoms with Gasteiger partial charge in [-0.05, 0) is 32.1 Å². The van der Waals surface area contributed by atoms with Crippen LogP contribution in [0.2, 0.25) is 0 Å². The van der Waals surface area contributed by atoms with E-state index >= 15 is 0 Å². The summed E-state index contributed by atoms with van der Waals surface area (Å²) in [5.74, 6) is 0.458. The van der Waals surface area contributed by atoms with Crippen LogP contribution in [0.15, 0.2) is 0 Å². The topological polar surface area (TPSA) is 20.3 Å². The molecule has 1 aliphatic rings. The van der Waals surface area contributed by atoms with Crippen LogP contribution in [0, 0.1) is 5.92 Å². The molecular weight excluding hydrogens is 205 g/mol. The van der Waals surface area contributed by atoms with E-state index in [1.807, 2.05) is 0 Å². The molecular formula is C10H17ClFNO. The van der Waals surface area contributed by atoms with Crippen LogP contribution >= 0.6 is 11.6 Å². The second-order valence-electron chi connectivity index (χ2n) is 3.86. The average molecular weight is 222 g/mol. The molecule has 0 aromatic rings. The van der Waals surface area contributed by atoms with Gasteiger partial charge in [0.1, 0.15) is 5.38 Å². The lowest BCUT2D eigenvalue weighted by Crippen LogP contribution is -2.41. The Morgan fingerprint density at radius 3 is 2.57 bits per heavy atom. The van der Waals surface area contributed by atoms with E-state index in [4.69, 9.17) is 11.6 Å². The molecule has 0 radical (unpaired) electrons. The minimum Gasteiger partial charge on any atom is -0.341 e. The Morgan fingerprint density at radius 2 is 2.14 bits per heavy atom. The van der Waals surface area contributed by atoms with Crippen molar-refractivity contribution in [2.75, 3.05) is 19.8 Å². The van der Waals surface area contributed by atoms with Gasteiger partial charge in [0.25, 0.3) is 0 Å². The molecule has 1 aliphatic heterocycles. The molecule has 1 rings (SSSR count). The Balaban J connectivity index is 2.32. The Bertz CT molecular complexity index is 191. The quantitative estimate of drug-likeness (QED) is 0.670. The lowest BCUT2D eigenvalue weighted by molar-refractivity contribution is -0.131. The van der Waals surface area contributed by atoms with Gasteiger partial charge in [-0.1, -0.05) is 0 Å². The minimum absolute atomic E-state index is 0.00497. The summed E-state index contributed by atoms with van der Waals surface area (Å²) in [6.07, 6.45) is 2.47. The number of hydrogen-bond acceptors (Lipinski definition) is 1. The maximum atomic E-state index is 12.1. The van der Waals surface area contributed by atoms with E-state index in [0.29, 0.717) is 12.3 Å². The van der Waals surface area contributed by atoms with Crippen molar-refractivity contribution in [2.24, 2.45) is 5.92 Å². The predicted molar refractivity (Wildman–Crippen MR) is 55.2 cm³/mol. The molecule has 14 heavy (non-hydrogen) atoms. The van der Waals surface area contributed by atoms with Crippen molar-refractivity contribution in [1.82, 2.24) is 4.90 Å². The van der Waals surface area contributed by atoms with Crippen LogP contribution in [0.3, 0.4) is 0 Å². The van der Waals surface area contributed by atoms with Crippen LogP contribution in [-0.4, -0.2) is 35.9 Å². The van der Waals surface area contributed by atoms with Gasteiger partial charge in [-0.25, -0.2) is 0 Å². The number of rotatable bonds is 3. The molecule has 1 atom stereocenters. The highest BCUT2D eigenvalue weighted by Crippen LogP contribution is 2.21. The molecule has 4 heteroatoms. The fourth-order valence-corrected chi connectivity index (χ4v) is 1.99. The molecule has 0 aromatic carbocycles. The van der Waals surface area contributed by atoms with Gasteiger partial charge in [0, 0.05) is 13.1 Å². The molecule has 0 saturated carbocycles. The van der Waals surface area contributed by atoms with Crippen molar-refractivity contribution in [3.8, 4) is 0 Å². The molecule has 1 unspecified atom stereocenters. The molecule has 1 heterocycles. The summed E-state index contributed by atoms with van der Waals surface area (Å²) in [5.41, 5.74) is 0. The number of amides is 1. The van der Waals surface area contributed by atoms with Crippen LogP contribution < -0.4 is 0 Å². The largest absolute Gasteiger partial charge is 0.341 e. The summed E-state index contributed by atoms with van der Waals surface area (Å²) in [6, 6.07) is 0. The zero-order valence-electron chi connectivity index (χ0n) is 8.51. The number of hydrogen-bond donors (Lipinski definition) is 0. The van der Waals surface area contributed by atoms with Gasteiger partial charge >= 0.3 is 0 Å². The second-order valence-corrected chi connectivity index (χ2v) is 4.52. The first-order chi connectivity index (χ1) is 6.65. The number of likely N-dealkylation sites (tertiary alicyclic amines) is 1. The van der Waals surface area contributed by atoms with E-state index in [2.05, 4.69) is 0 Å². The average Bonchev–Trinajstić information content (AvgIpc) is 2.18. The minimum atomic E-state index is -0.437. The monoisotopic (exact) mass is 221 g/mol. The van der Waals surface area contributed by atoms with E-state index in [9.17, 15) is 9.18 Å². The molecule has 1 fully saturated rings. The van der Waals surface area contributed by atoms with Gasteiger partial charge in [0.2, 0.25) is 5.91 Å². The summed E-state index contributed by atoms with van der Waals surface area (Å²) in [6.45, 7) is 2.92. The van der Waals surface area contributed by atoms with Crippen LogP contribution in [0.25, 0.3) is 0 Å². The van der Waals surface area contributed by atoms with Gasteiger partial charge in [-0.3, -0.25) is 9.18 Å². The predicted octanol–water partition coefficient (Wildman–Crippen LogP) is 2.21. The van der Waals surface area contributed by atoms with Crippen LogP contribution in [-0.2, 0) is 4.79 Å². The SMILES string of the molecule is CC(Cl)C(=O)N1CCC(CCF)CC1. The van der Waals surface area contributed by atoms with Gasteiger partial charge < -0.3 is 4.90 Å². The third kappa shape index (κ3) is 3.12. The molecule has 0 spiro atoms. The molecule has 0 aromatic heterocycles. The smallest absolute Gasteiger partial charge is 0.240 e. The van der Waals surface area contributed by atoms with Gasteiger partial charge in [-0.15, -0.1) is 11.6 Å². The van der Waals surface area contributed by atoms with E-state index in [1.165, 1.54) is 0 Å². The highest BCUT2D eigenvalue weighted by atomic mass is 35.5. The number of nitrogens with zero attached hydrogens (tertiary/aromatic N) is 1. The second kappa shape index (κ2) is 5.54. The highest BCUT2D eigenvalue weighted by Gasteiger charge is 2.24. The van der Waals surface area contributed by atoms with Crippen molar-refractivity contribution in [3.63, 3.8) is 0 Å². The zero-order valence-corrected chi connectivity index (χ0v) is 9.26. The zero-order chi connectivity index (χ0) is 10.6. The Morgan fingerprint density at radius 1 is 1.57 bits per heavy atom. The van der Waals surface area contributed by atoms with Crippen molar-refractivity contribution < 1.29 is 9.18 Å². The fourth-order valence-electron chi connectivity index (χ4n) is 1.85. The third-order valence-corrected chi connectivity index (χ3v) is 2.97. The Labute approximate surface area is 89.4 Å². The van der Waals surface area contributed by atoms with Crippen LogP contribution in [0.5, 0.6) is 0 Å². The molecule has 0 aliphatic carbocycles. The van der Waals surface area contributed by atoms with Crippen LogP contribution in [0.4, 0.5) is 4.39 Å². The lowest BCUT2D eigenvalue weighted by Gasteiger charge is -2.32. The Kier molecular flexibility index (Phi) is 4.66. The molecule has 0 N–H and O–H groups in total. The normalized spacial score (nSPS) is 20.9. The summed E-state index contributed by atoms with van der Waals surface area (Å²) in [7, 11) is 0. The Hall–Kier alpha value is -0.310. The number of carbonyl (C=O) groups excluding carboxylic acids is 1. The van der Waals surface area contributed by atoms with E-state index in [1.54, 1.807) is 11.8 Å².